The van der Waals surface area contributed by atoms with Gasteiger partial charge >= 0.3 is 11.9 Å². The highest BCUT2D eigenvalue weighted by atomic mass is 16.5. The minimum Gasteiger partial charge on any atom is -0.481 e. The van der Waals surface area contributed by atoms with E-state index >= 15 is 0 Å². The lowest BCUT2D eigenvalue weighted by molar-refractivity contribution is -0.136. The summed E-state index contributed by atoms with van der Waals surface area (Å²) >= 11 is 0. The highest BCUT2D eigenvalue weighted by molar-refractivity contribution is 5.97. The van der Waals surface area contributed by atoms with Gasteiger partial charge in [-0.25, -0.2) is 4.79 Å². The van der Waals surface area contributed by atoms with Crippen LogP contribution in [0.25, 0.3) is 0 Å². The van der Waals surface area contributed by atoms with Crippen LogP contribution in [0, 0.1) is 11.3 Å². The van der Waals surface area contributed by atoms with Gasteiger partial charge in [0.15, 0.2) is 0 Å². The summed E-state index contributed by atoms with van der Waals surface area (Å²) in [4.78, 5) is 33.6. The second-order valence-corrected chi connectivity index (χ2v) is 4.87. The predicted octanol–water partition coefficient (Wildman–Crippen LogP) is 0.951. The number of rotatable bonds is 9. The van der Waals surface area contributed by atoms with Crippen molar-refractivity contribution in [2.75, 3.05) is 13.2 Å². The first-order chi connectivity index (χ1) is 12.0. The maximum absolute atomic E-state index is 11.7. The van der Waals surface area contributed by atoms with Crippen LogP contribution in [0.2, 0.25) is 0 Å². The number of hydrogen-bond donors (Lipinski definition) is 3. The van der Waals surface area contributed by atoms with E-state index in [2.05, 4.69) is 10.6 Å². The number of carbonyl (C=O) groups is 3. The van der Waals surface area contributed by atoms with Crippen LogP contribution in [-0.2, 0) is 20.9 Å². The summed E-state index contributed by atoms with van der Waals surface area (Å²) in [6, 6.07) is 8.45. The number of carboxylic acid groups (broad SMARTS) is 1. The van der Waals surface area contributed by atoms with E-state index in [-0.39, 0.29) is 18.5 Å². The van der Waals surface area contributed by atoms with E-state index < -0.39 is 17.8 Å². The van der Waals surface area contributed by atoms with Crippen molar-refractivity contribution in [2.45, 2.75) is 19.9 Å². The Hall–Kier alpha value is -3.34. The SMILES string of the molecule is CCOC(=O)c1ccc(CN/C=C(/C#N)C(=O)NCCC(=O)O)cc1. The van der Waals surface area contributed by atoms with E-state index in [0.29, 0.717) is 18.7 Å². The Morgan fingerprint density at radius 2 is 1.96 bits per heavy atom. The van der Waals surface area contributed by atoms with Crippen LogP contribution < -0.4 is 10.6 Å². The van der Waals surface area contributed by atoms with Gasteiger partial charge in [-0.1, -0.05) is 12.1 Å². The fourth-order valence-corrected chi connectivity index (χ4v) is 1.77. The molecule has 0 atom stereocenters. The molecular weight excluding hydrogens is 326 g/mol. The summed E-state index contributed by atoms with van der Waals surface area (Å²) in [5, 5.41) is 22.6. The maximum Gasteiger partial charge on any atom is 0.338 e. The van der Waals surface area contributed by atoms with Crippen molar-refractivity contribution in [1.82, 2.24) is 10.6 Å². The van der Waals surface area contributed by atoms with Gasteiger partial charge in [0.1, 0.15) is 11.6 Å². The molecule has 1 amide bonds. The van der Waals surface area contributed by atoms with Crippen LogP contribution in [0.5, 0.6) is 0 Å². The predicted molar refractivity (Wildman–Crippen MR) is 88.2 cm³/mol. The zero-order valence-electron chi connectivity index (χ0n) is 13.7. The van der Waals surface area contributed by atoms with Crippen molar-refractivity contribution >= 4 is 17.8 Å². The third kappa shape index (κ3) is 7.18. The zero-order chi connectivity index (χ0) is 18.7. The highest BCUT2D eigenvalue weighted by Gasteiger charge is 2.09. The van der Waals surface area contributed by atoms with Crippen LogP contribution in [0.3, 0.4) is 0 Å². The van der Waals surface area contributed by atoms with E-state index in [0.717, 1.165) is 5.56 Å². The third-order valence-electron chi connectivity index (χ3n) is 3.01. The van der Waals surface area contributed by atoms with Gasteiger partial charge in [0, 0.05) is 19.3 Å². The molecular formula is C17H19N3O5. The molecule has 1 aromatic carbocycles. The van der Waals surface area contributed by atoms with Crippen LogP contribution >= 0.6 is 0 Å². The van der Waals surface area contributed by atoms with Crippen LogP contribution in [-0.4, -0.2) is 36.1 Å². The number of aliphatic carboxylic acids is 1. The Labute approximate surface area is 145 Å². The number of nitrogens with zero attached hydrogens (tertiary/aromatic N) is 1. The van der Waals surface area contributed by atoms with Gasteiger partial charge in [0.25, 0.3) is 5.91 Å². The Bertz CT molecular complexity index is 689. The van der Waals surface area contributed by atoms with Crippen molar-refractivity contribution < 1.29 is 24.2 Å². The number of nitrogens with one attached hydrogen (secondary N) is 2. The monoisotopic (exact) mass is 345 g/mol. The lowest BCUT2D eigenvalue weighted by Crippen LogP contribution is -2.27. The van der Waals surface area contributed by atoms with E-state index in [1.54, 1.807) is 37.3 Å². The number of esters is 1. The lowest BCUT2D eigenvalue weighted by Gasteiger charge is -2.05. The van der Waals surface area contributed by atoms with Crippen molar-refractivity contribution in [3.8, 4) is 6.07 Å². The second kappa shape index (κ2) is 10.4. The number of ether oxygens (including phenoxy) is 1. The van der Waals surface area contributed by atoms with E-state index in [1.807, 2.05) is 0 Å². The molecule has 0 heterocycles. The standard InChI is InChI=1S/C17H19N3O5/c1-2-25-17(24)13-5-3-12(4-6-13)10-19-11-14(9-18)16(23)20-8-7-15(21)22/h3-6,11,19H,2,7-8,10H2,1H3,(H,20,23)(H,21,22)/b14-11-. The number of nitriles is 1. The van der Waals surface area contributed by atoms with E-state index in [9.17, 15) is 14.4 Å². The van der Waals surface area contributed by atoms with Gasteiger partial charge in [-0.15, -0.1) is 0 Å². The van der Waals surface area contributed by atoms with Gasteiger partial charge in [0.2, 0.25) is 0 Å². The van der Waals surface area contributed by atoms with Gasteiger partial charge in [-0.3, -0.25) is 9.59 Å². The second-order valence-electron chi connectivity index (χ2n) is 4.87. The molecule has 0 aliphatic rings. The van der Waals surface area contributed by atoms with Gasteiger partial charge < -0.3 is 20.5 Å². The molecule has 0 bridgehead atoms. The average Bonchev–Trinajstić information content (AvgIpc) is 2.59. The Morgan fingerprint density at radius 1 is 1.28 bits per heavy atom. The molecule has 0 fully saturated rings. The normalized spacial score (nSPS) is 10.5. The van der Waals surface area contributed by atoms with Crippen LogP contribution in [0.15, 0.2) is 36.0 Å². The lowest BCUT2D eigenvalue weighted by atomic mass is 10.1. The van der Waals surface area contributed by atoms with E-state index in [4.69, 9.17) is 15.1 Å². The van der Waals surface area contributed by atoms with Crippen molar-refractivity contribution in [1.29, 1.82) is 5.26 Å². The molecule has 1 rings (SSSR count). The molecule has 132 valence electrons. The molecule has 0 spiro atoms. The summed E-state index contributed by atoms with van der Waals surface area (Å²) in [6.07, 6.45) is 1.04. The number of carboxylic acids is 1. The molecule has 0 unspecified atom stereocenters. The molecule has 0 saturated carbocycles. The molecule has 1 aromatic rings. The largest absolute Gasteiger partial charge is 0.481 e. The molecule has 0 aromatic heterocycles. The average molecular weight is 345 g/mol. The Balaban J connectivity index is 2.54. The molecule has 8 heteroatoms. The quantitative estimate of drug-likeness (QED) is 0.345. The topological polar surface area (TPSA) is 129 Å². The van der Waals surface area contributed by atoms with Crippen LogP contribution in [0.4, 0.5) is 0 Å². The summed E-state index contributed by atoms with van der Waals surface area (Å²) in [5.74, 6) is -2.08. The molecule has 3 N–H and O–H groups in total. The molecule has 0 radical (unpaired) electrons. The minimum atomic E-state index is -1.04. The van der Waals surface area contributed by atoms with E-state index in [1.165, 1.54) is 6.20 Å². The summed E-state index contributed by atoms with van der Waals surface area (Å²) in [7, 11) is 0. The van der Waals surface area contributed by atoms with Crippen molar-refractivity contribution in [3.63, 3.8) is 0 Å². The zero-order valence-corrected chi connectivity index (χ0v) is 13.7. The van der Waals surface area contributed by atoms with Gasteiger partial charge in [-0.2, -0.15) is 5.26 Å². The summed E-state index contributed by atoms with van der Waals surface area (Å²) in [6.45, 7) is 2.32. The number of benzene rings is 1. The van der Waals surface area contributed by atoms with Gasteiger partial charge in [-0.05, 0) is 24.6 Å². The molecule has 25 heavy (non-hydrogen) atoms. The maximum atomic E-state index is 11.7. The third-order valence-corrected chi connectivity index (χ3v) is 3.01. The number of hydrogen-bond acceptors (Lipinski definition) is 6. The number of carbonyl (C=O) groups excluding carboxylic acids is 2. The summed E-state index contributed by atoms with van der Waals surface area (Å²) in [5.41, 5.74) is 1.12. The smallest absolute Gasteiger partial charge is 0.338 e. The first-order valence-corrected chi connectivity index (χ1v) is 7.57. The van der Waals surface area contributed by atoms with Crippen molar-refractivity contribution in [2.24, 2.45) is 0 Å². The molecule has 0 saturated heterocycles. The fourth-order valence-electron chi connectivity index (χ4n) is 1.77. The Morgan fingerprint density at radius 3 is 2.52 bits per heavy atom. The first-order valence-electron chi connectivity index (χ1n) is 7.57. The molecule has 8 nitrogen and oxygen atoms in total. The minimum absolute atomic E-state index is 0.0531. The van der Waals surface area contributed by atoms with Crippen LogP contribution in [0.1, 0.15) is 29.3 Å². The Kier molecular flexibility index (Phi) is 8.23. The molecule has 0 aliphatic carbocycles. The number of amides is 1. The fraction of sp³-hybridized carbons (Fsp3) is 0.294. The highest BCUT2D eigenvalue weighted by Crippen LogP contribution is 2.06. The van der Waals surface area contributed by atoms with Crippen molar-refractivity contribution in [3.05, 3.63) is 47.2 Å². The van der Waals surface area contributed by atoms with Gasteiger partial charge in [0.05, 0.1) is 18.6 Å². The first kappa shape index (κ1) is 19.7. The molecule has 0 aliphatic heterocycles. The summed E-state index contributed by atoms with van der Waals surface area (Å²) < 4.78 is 4.89.